The lowest BCUT2D eigenvalue weighted by Gasteiger charge is -2.14. The lowest BCUT2D eigenvalue weighted by atomic mass is 10.0. The molecule has 3 heteroatoms. The highest BCUT2D eigenvalue weighted by molar-refractivity contribution is 6.66. The van der Waals surface area contributed by atoms with Crippen LogP contribution in [0.4, 0.5) is 10.5 Å². The Balaban J connectivity index is 2.76. The Morgan fingerprint density at radius 2 is 1.87 bits per heavy atom. The minimum Gasteiger partial charge on any atom is -0.302 e. The number of carbonyl (C=O) groups is 1. The van der Waals surface area contributed by atoms with Crippen molar-refractivity contribution >= 4 is 22.7 Å². The number of nitrogens with zero attached hydrogens (tertiary/aromatic N) is 1. The summed E-state index contributed by atoms with van der Waals surface area (Å²) in [6.45, 7) is 4.37. The molecule has 0 aliphatic heterocycles. The fraction of sp³-hybridized carbons (Fsp3) is 0.417. The van der Waals surface area contributed by atoms with Crippen molar-refractivity contribution < 1.29 is 4.79 Å². The van der Waals surface area contributed by atoms with Crippen molar-refractivity contribution in [2.24, 2.45) is 5.92 Å². The van der Waals surface area contributed by atoms with E-state index >= 15 is 0 Å². The molecule has 0 aliphatic carbocycles. The van der Waals surface area contributed by atoms with Crippen LogP contribution in [0.2, 0.25) is 0 Å². The number of anilines is 1. The summed E-state index contributed by atoms with van der Waals surface area (Å²) in [6, 6.07) is 7.90. The number of halogens is 1. The molecule has 0 saturated carbocycles. The topological polar surface area (TPSA) is 20.3 Å². The molecule has 1 aromatic carbocycles. The van der Waals surface area contributed by atoms with Crippen molar-refractivity contribution in [3.63, 3.8) is 0 Å². The molecule has 0 atom stereocenters. The third-order valence-corrected chi connectivity index (χ3v) is 2.48. The Morgan fingerprint density at radius 1 is 1.33 bits per heavy atom. The Bertz CT molecular complexity index is 332. The van der Waals surface area contributed by atoms with Gasteiger partial charge in [-0.25, -0.2) is 0 Å². The maximum atomic E-state index is 10.9. The summed E-state index contributed by atoms with van der Waals surface area (Å²) < 4.78 is 0. The van der Waals surface area contributed by atoms with Crippen LogP contribution in [-0.2, 0) is 6.42 Å². The summed E-state index contributed by atoms with van der Waals surface area (Å²) in [5.41, 5.74) is 2.10. The van der Waals surface area contributed by atoms with Gasteiger partial charge in [-0.1, -0.05) is 26.0 Å². The van der Waals surface area contributed by atoms with E-state index in [1.165, 1.54) is 10.5 Å². The molecule has 2 nitrogen and oxygen atoms in total. The average Bonchev–Trinajstić information content (AvgIpc) is 2.17. The van der Waals surface area contributed by atoms with E-state index < -0.39 is 5.37 Å². The van der Waals surface area contributed by atoms with Gasteiger partial charge in [0, 0.05) is 12.7 Å². The summed E-state index contributed by atoms with van der Waals surface area (Å²) in [5, 5.41) is -0.466. The molecule has 0 saturated heterocycles. The lowest BCUT2D eigenvalue weighted by molar-refractivity contribution is 0.265. The summed E-state index contributed by atoms with van der Waals surface area (Å²) in [7, 11) is 1.66. The summed E-state index contributed by atoms with van der Waals surface area (Å²) in [6.07, 6.45) is 1.05. The first-order valence-electron chi connectivity index (χ1n) is 5.03. The van der Waals surface area contributed by atoms with Gasteiger partial charge in [-0.15, -0.1) is 0 Å². The standard InChI is InChI=1S/C12H16ClNO/c1-9(2)8-10-4-6-11(7-5-10)14(3)12(13)15/h4-7,9H,8H2,1-3H3. The largest absolute Gasteiger partial charge is 0.320 e. The van der Waals surface area contributed by atoms with Crippen LogP contribution in [0.3, 0.4) is 0 Å². The summed E-state index contributed by atoms with van der Waals surface area (Å²) in [5.74, 6) is 0.642. The molecule has 0 spiro atoms. The average molecular weight is 226 g/mol. The van der Waals surface area contributed by atoms with Crippen molar-refractivity contribution in [3.8, 4) is 0 Å². The van der Waals surface area contributed by atoms with Crippen LogP contribution in [0, 0.1) is 5.92 Å². The minimum atomic E-state index is -0.466. The van der Waals surface area contributed by atoms with E-state index in [1.807, 2.05) is 24.3 Å². The molecule has 0 aromatic heterocycles. The van der Waals surface area contributed by atoms with Gasteiger partial charge in [0.05, 0.1) is 0 Å². The highest BCUT2D eigenvalue weighted by Gasteiger charge is 2.06. The molecule has 0 unspecified atom stereocenters. The number of hydrogen-bond acceptors (Lipinski definition) is 1. The molecule has 0 fully saturated rings. The minimum absolute atomic E-state index is 0.466. The zero-order valence-electron chi connectivity index (χ0n) is 9.33. The van der Waals surface area contributed by atoms with Crippen LogP contribution >= 0.6 is 11.6 Å². The molecule has 0 radical (unpaired) electrons. The Kier molecular flexibility index (Phi) is 4.15. The predicted octanol–water partition coefficient (Wildman–Crippen LogP) is 3.68. The van der Waals surface area contributed by atoms with Gasteiger partial charge in [0.1, 0.15) is 0 Å². The third-order valence-electron chi connectivity index (χ3n) is 2.23. The molecule has 82 valence electrons. The monoisotopic (exact) mass is 225 g/mol. The van der Waals surface area contributed by atoms with E-state index in [0.29, 0.717) is 5.92 Å². The smallest absolute Gasteiger partial charge is 0.302 e. The number of rotatable bonds is 3. The molecule has 0 N–H and O–H groups in total. The maximum Gasteiger partial charge on any atom is 0.320 e. The highest BCUT2D eigenvalue weighted by Crippen LogP contribution is 2.17. The van der Waals surface area contributed by atoms with Crippen molar-refractivity contribution in [2.45, 2.75) is 20.3 Å². The molecule has 0 aliphatic rings. The van der Waals surface area contributed by atoms with Crippen LogP contribution in [0.15, 0.2) is 24.3 Å². The Labute approximate surface area is 95.8 Å². The van der Waals surface area contributed by atoms with Crippen molar-refractivity contribution in [2.75, 3.05) is 11.9 Å². The molecular weight excluding hydrogens is 210 g/mol. The number of carbonyl (C=O) groups excluding carboxylic acids is 1. The van der Waals surface area contributed by atoms with Gasteiger partial charge in [-0.2, -0.15) is 0 Å². The van der Waals surface area contributed by atoms with E-state index in [4.69, 9.17) is 11.6 Å². The number of amides is 1. The van der Waals surface area contributed by atoms with Crippen LogP contribution in [0.25, 0.3) is 0 Å². The van der Waals surface area contributed by atoms with Gasteiger partial charge in [0.15, 0.2) is 0 Å². The molecular formula is C12H16ClNO. The van der Waals surface area contributed by atoms with Crippen LogP contribution < -0.4 is 4.90 Å². The van der Waals surface area contributed by atoms with Crippen LogP contribution in [0.5, 0.6) is 0 Å². The number of hydrogen-bond donors (Lipinski definition) is 0. The second-order valence-corrected chi connectivity index (χ2v) is 4.40. The van der Waals surface area contributed by atoms with Gasteiger partial charge in [-0.05, 0) is 41.6 Å². The SMILES string of the molecule is CC(C)Cc1ccc(N(C)C(=O)Cl)cc1. The first-order chi connectivity index (χ1) is 7.00. The first kappa shape index (κ1) is 12.1. The van der Waals surface area contributed by atoms with Gasteiger partial charge < -0.3 is 4.90 Å². The summed E-state index contributed by atoms with van der Waals surface area (Å²) >= 11 is 5.37. The molecule has 1 amide bonds. The van der Waals surface area contributed by atoms with Crippen LogP contribution in [-0.4, -0.2) is 12.4 Å². The van der Waals surface area contributed by atoms with E-state index in [9.17, 15) is 4.79 Å². The fourth-order valence-electron chi connectivity index (χ4n) is 1.43. The van der Waals surface area contributed by atoms with Gasteiger partial charge in [0.2, 0.25) is 0 Å². The normalized spacial score (nSPS) is 10.5. The Hall–Kier alpha value is -1.02. The Morgan fingerprint density at radius 3 is 2.27 bits per heavy atom. The van der Waals surface area contributed by atoms with Gasteiger partial charge in [-0.3, -0.25) is 4.79 Å². The zero-order chi connectivity index (χ0) is 11.4. The van der Waals surface area contributed by atoms with Crippen molar-refractivity contribution in [1.82, 2.24) is 0 Å². The molecule has 1 rings (SSSR count). The third kappa shape index (κ3) is 3.56. The fourth-order valence-corrected chi connectivity index (χ4v) is 1.53. The highest BCUT2D eigenvalue weighted by atomic mass is 35.5. The van der Waals surface area contributed by atoms with Crippen molar-refractivity contribution in [1.29, 1.82) is 0 Å². The first-order valence-corrected chi connectivity index (χ1v) is 5.40. The molecule has 0 bridgehead atoms. The summed E-state index contributed by atoms with van der Waals surface area (Å²) in [4.78, 5) is 12.3. The van der Waals surface area contributed by atoms with E-state index in [-0.39, 0.29) is 0 Å². The lowest BCUT2D eigenvalue weighted by Crippen LogP contribution is -2.19. The maximum absolute atomic E-state index is 10.9. The van der Waals surface area contributed by atoms with Crippen molar-refractivity contribution in [3.05, 3.63) is 29.8 Å². The van der Waals surface area contributed by atoms with Gasteiger partial charge >= 0.3 is 5.37 Å². The zero-order valence-corrected chi connectivity index (χ0v) is 10.1. The quantitative estimate of drug-likeness (QED) is 0.568. The van der Waals surface area contributed by atoms with E-state index in [1.54, 1.807) is 7.05 Å². The predicted molar refractivity (Wildman–Crippen MR) is 64.6 cm³/mol. The van der Waals surface area contributed by atoms with E-state index in [0.717, 1.165) is 12.1 Å². The molecule has 0 heterocycles. The second-order valence-electron chi connectivity index (χ2n) is 4.08. The van der Waals surface area contributed by atoms with Gasteiger partial charge in [0.25, 0.3) is 0 Å². The van der Waals surface area contributed by atoms with Crippen LogP contribution in [0.1, 0.15) is 19.4 Å². The van der Waals surface area contributed by atoms with E-state index in [2.05, 4.69) is 13.8 Å². The number of benzene rings is 1. The molecule has 15 heavy (non-hydrogen) atoms. The second kappa shape index (κ2) is 5.17. The molecule has 1 aromatic rings.